The maximum absolute atomic E-state index is 11.3. The molecule has 0 aromatic heterocycles. The lowest BCUT2D eigenvalue weighted by Gasteiger charge is -2.10. The Morgan fingerprint density at radius 2 is 1.65 bits per heavy atom. The molecule has 1 heterocycles. The minimum absolute atomic E-state index is 0.160. The van der Waals surface area contributed by atoms with Gasteiger partial charge in [-0.2, -0.15) is 0 Å². The quantitative estimate of drug-likeness (QED) is 0.883. The average molecular weight is 265 g/mol. The Morgan fingerprint density at radius 1 is 0.950 bits per heavy atom. The van der Waals surface area contributed by atoms with Crippen LogP contribution in [-0.4, -0.2) is 12.5 Å². The van der Waals surface area contributed by atoms with E-state index in [1.165, 1.54) is 27.8 Å². The maximum atomic E-state index is 11.3. The Hall–Kier alpha value is -2.09. The summed E-state index contributed by atoms with van der Waals surface area (Å²) in [5.74, 6) is 0.490. The van der Waals surface area contributed by atoms with Gasteiger partial charge in [-0.1, -0.05) is 42.5 Å². The van der Waals surface area contributed by atoms with Crippen LogP contribution >= 0.6 is 0 Å². The molecule has 20 heavy (non-hydrogen) atoms. The van der Waals surface area contributed by atoms with Gasteiger partial charge in [0.2, 0.25) is 5.91 Å². The number of benzene rings is 2. The highest BCUT2D eigenvalue weighted by atomic mass is 16.1. The Balaban J connectivity index is 1.85. The van der Waals surface area contributed by atoms with Crippen LogP contribution in [0.3, 0.4) is 0 Å². The Kier molecular flexibility index (Phi) is 3.31. The largest absolute Gasteiger partial charge is 0.355 e. The number of hydrogen-bond acceptors (Lipinski definition) is 1. The van der Waals surface area contributed by atoms with Gasteiger partial charge in [0, 0.05) is 18.9 Å². The molecular weight excluding hydrogens is 246 g/mol. The zero-order valence-corrected chi connectivity index (χ0v) is 11.9. The number of carbonyl (C=O) groups is 1. The fraction of sp³-hybridized carbons (Fsp3) is 0.278. The van der Waals surface area contributed by atoms with Crippen molar-refractivity contribution in [3.8, 4) is 11.1 Å². The van der Waals surface area contributed by atoms with Crippen molar-refractivity contribution >= 4 is 5.91 Å². The number of nitrogens with one attached hydrogen (secondary N) is 1. The Bertz CT molecular complexity index is 643. The van der Waals surface area contributed by atoms with E-state index in [0.717, 1.165) is 6.54 Å². The monoisotopic (exact) mass is 265 g/mol. The molecule has 2 aromatic carbocycles. The molecular formula is C18H19NO. The van der Waals surface area contributed by atoms with Crippen LogP contribution in [0.2, 0.25) is 0 Å². The van der Waals surface area contributed by atoms with E-state index in [0.29, 0.717) is 12.3 Å². The normalized spacial score (nSPS) is 18.1. The van der Waals surface area contributed by atoms with Crippen LogP contribution in [0.15, 0.2) is 42.5 Å². The van der Waals surface area contributed by atoms with Gasteiger partial charge in [-0.3, -0.25) is 4.79 Å². The van der Waals surface area contributed by atoms with E-state index >= 15 is 0 Å². The highest BCUT2D eigenvalue weighted by molar-refractivity contribution is 5.79. The fourth-order valence-electron chi connectivity index (χ4n) is 2.71. The van der Waals surface area contributed by atoms with Crippen LogP contribution in [0, 0.1) is 13.8 Å². The van der Waals surface area contributed by atoms with Crippen LogP contribution in [0.4, 0.5) is 0 Å². The third kappa shape index (κ3) is 2.46. The second kappa shape index (κ2) is 5.12. The molecule has 102 valence electrons. The fourth-order valence-corrected chi connectivity index (χ4v) is 2.71. The van der Waals surface area contributed by atoms with Gasteiger partial charge < -0.3 is 5.32 Å². The van der Waals surface area contributed by atoms with Crippen LogP contribution in [0.5, 0.6) is 0 Å². The van der Waals surface area contributed by atoms with Gasteiger partial charge in [-0.25, -0.2) is 0 Å². The number of carbonyl (C=O) groups excluding carboxylic acids is 1. The van der Waals surface area contributed by atoms with Gasteiger partial charge in [0.15, 0.2) is 0 Å². The maximum Gasteiger partial charge on any atom is 0.220 e. The third-order valence-corrected chi connectivity index (χ3v) is 4.20. The molecule has 0 radical (unpaired) electrons. The lowest BCUT2D eigenvalue weighted by atomic mass is 9.94. The zero-order chi connectivity index (χ0) is 14.1. The SMILES string of the molecule is Cc1ccc(-c2ccc(C3CNC(=O)C3)cc2)cc1C. The standard InChI is InChI=1S/C18H19NO/c1-12-3-4-16(9-13(12)2)14-5-7-15(8-6-14)17-10-18(20)19-11-17/h3-9,17H,10-11H2,1-2H3,(H,19,20). The van der Waals surface area contributed by atoms with Crippen molar-refractivity contribution in [2.45, 2.75) is 26.2 Å². The summed E-state index contributed by atoms with van der Waals surface area (Å²) in [6.45, 7) is 5.04. The van der Waals surface area contributed by atoms with E-state index in [9.17, 15) is 4.79 Å². The average Bonchev–Trinajstić information content (AvgIpc) is 2.89. The molecule has 0 spiro atoms. The first kappa shape index (κ1) is 12.9. The summed E-state index contributed by atoms with van der Waals surface area (Å²) in [7, 11) is 0. The third-order valence-electron chi connectivity index (χ3n) is 4.20. The van der Waals surface area contributed by atoms with Crippen molar-refractivity contribution in [1.29, 1.82) is 0 Å². The molecule has 1 saturated heterocycles. The summed E-state index contributed by atoms with van der Waals surface area (Å²) in [6, 6.07) is 15.2. The van der Waals surface area contributed by atoms with E-state index in [2.05, 4.69) is 61.6 Å². The molecule has 1 fully saturated rings. The summed E-state index contributed by atoms with van der Waals surface area (Å²) in [5, 5.41) is 2.89. The number of aryl methyl sites for hydroxylation is 2. The molecule has 1 aliphatic rings. The molecule has 2 aromatic rings. The van der Waals surface area contributed by atoms with Crippen molar-refractivity contribution in [2.75, 3.05) is 6.54 Å². The van der Waals surface area contributed by atoms with Crippen molar-refractivity contribution in [3.05, 3.63) is 59.2 Å². The summed E-state index contributed by atoms with van der Waals surface area (Å²) in [4.78, 5) is 11.3. The Morgan fingerprint density at radius 3 is 2.25 bits per heavy atom. The molecule has 1 amide bonds. The molecule has 2 nitrogen and oxygen atoms in total. The van der Waals surface area contributed by atoms with Crippen molar-refractivity contribution in [2.24, 2.45) is 0 Å². The van der Waals surface area contributed by atoms with E-state index in [1.54, 1.807) is 0 Å². The van der Waals surface area contributed by atoms with Gasteiger partial charge in [0.25, 0.3) is 0 Å². The van der Waals surface area contributed by atoms with Crippen LogP contribution in [0.1, 0.15) is 29.0 Å². The topological polar surface area (TPSA) is 29.1 Å². The first-order valence-electron chi connectivity index (χ1n) is 7.08. The summed E-state index contributed by atoms with van der Waals surface area (Å²) < 4.78 is 0. The first-order chi connectivity index (χ1) is 9.63. The van der Waals surface area contributed by atoms with E-state index < -0.39 is 0 Å². The van der Waals surface area contributed by atoms with Crippen molar-refractivity contribution in [3.63, 3.8) is 0 Å². The highest BCUT2D eigenvalue weighted by Gasteiger charge is 2.22. The van der Waals surface area contributed by atoms with Gasteiger partial charge in [-0.15, -0.1) is 0 Å². The smallest absolute Gasteiger partial charge is 0.220 e. The second-order valence-corrected chi connectivity index (χ2v) is 5.63. The lowest BCUT2D eigenvalue weighted by Crippen LogP contribution is -2.13. The van der Waals surface area contributed by atoms with E-state index in [1.807, 2.05) is 0 Å². The van der Waals surface area contributed by atoms with Crippen LogP contribution < -0.4 is 5.32 Å². The van der Waals surface area contributed by atoms with E-state index in [4.69, 9.17) is 0 Å². The zero-order valence-electron chi connectivity index (χ0n) is 11.9. The minimum atomic E-state index is 0.160. The van der Waals surface area contributed by atoms with Crippen LogP contribution in [-0.2, 0) is 4.79 Å². The van der Waals surface area contributed by atoms with Gasteiger partial charge in [-0.05, 0) is 41.7 Å². The highest BCUT2D eigenvalue weighted by Crippen LogP contribution is 2.27. The Labute approximate surface area is 119 Å². The molecule has 0 aliphatic carbocycles. The number of amides is 1. The number of hydrogen-bond donors (Lipinski definition) is 1. The molecule has 2 heteroatoms. The lowest BCUT2D eigenvalue weighted by molar-refractivity contribution is -0.119. The molecule has 1 aliphatic heterocycles. The molecule has 3 rings (SSSR count). The van der Waals surface area contributed by atoms with Gasteiger partial charge >= 0.3 is 0 Å². The first-order valence-corrected chi connectivity index (χ1v) is 7.08. The number of rotatable bonds is 2. The second-order valence-electron chi connectivity index (χ2n) is 5.63. The summed E-state index contributed by atoms with van der Waals surface area (Å²) >= 11 is 0. The van der Waals surface area contributed by atoms with Crippen LogP contribution in [0.25, 0.3) is 11.1 Å². The molecule has 1 unspecified atom stereocenters. The molecule has 0 bridgehead atoms. The summed E-state index contributed by atoms with van der Waals surface area (Å²) in [5.41, 5.74) is 6.36. The van der Waals surface area contributed by atoms with Gasteiger partial charge in [0.1, 0.15) is 0 Å². The van der Waals surface area contributed by atoms with E-state index in [-0.39, 0.29) is 5.91 Å². The predicted molar refractivity (Wildman–Crippen MR) is 81.7 cm³/mol. The van der Waals surface area contributed by atoms with Crippen molar-refractivity contribution in [1.82, 2.24) is 5.32 Å². The molecule has 0 saturated carbocycles. The summed E-state index contributed by atoms with van der Waals surface area (Å²) in [6.07, 6.45) is 0.614. The molecule has 1 atom stereocenters. The molecule has 1 N–H and O–H groups in total. The predicted octanol–water partition coefficient (Wildman–Crippen LogP) is 3.57. The minimum Gasteiger partial charge on any atom is -0.355 e. The van der Waals surface area contributed by atoms with Gasteiger partial charge in [0.05, 0.1) is 0 Å². The van der Waals surface area contributed by atoms with Crippen molar-refractivity contribution < 1.29 is 4.79 Å².